The molecule has 0 bridgehead atoms. The van der Waals surface area contributed by atoms with E-state index in [1.54, 1.807) is 0 Å². The van der Waals surface area contributed by atoms with Crippen molar-refractivity contribution in [3.63, 3.8) is 0 Å². The van der Waals surface area contributed by atoms with Gasteiger partial charge in [0.15, 0.2) is 0 Å². The molecule has 0 radical (unpaired) electrons. The second-order valence-corrected chi connectivity index (χ2v) is 6.79. The number of rotatable bonds is 5. The molecule has 3 rings (SSSR count). The lowest BCUT2D eigenvalue weighted by molar-refractivity contribution is 0.159. The molecule has 0 amide bonds. The predicted molar refractivity (Wildman–Crippen MR) is 90.7 cm³/mol. The van der Waals surface area contributed by atoms with E-state index in [-0.39, 0.29) is 0 Å². The van der Waals surface area contributed by atoms with E-state index >= 15 is 0 Å². The summed E-state index contributed by atoms with van der Waals surface area (Å²) < 4.78 is 2.28. The molecule has 0 saturated heterocycles. The molecule has 1 saturated carbocycles. The third-order valence-electron chi connectivity index (χ3n) is 5.00. The van der Waals surface area contributed by atoms with E-state index in [0.717, 1.165) is 25.0 Å². The van der Waals surface area contributed by atoms with Crippen molar-refractivity contribution in [2.24, 2.45) is 5.92 Å². The SMILES string of the molecule is CC1CCC(N(C)Cc2nccn2Cc2ccccc2)CC1. The number of aromatic nitrogens is 2. The Labute approximate surface area is 134 Å². The lowest BCUT2D eigenvalue weighted by Gasteiger charge is -2.33. The lowest BCUT2D eigenvalue weighted by atomic mass is 9.87. The second kappa shape index (κ2) is 7.10. The van der Waals surface area contributed by atoms with Crippen molar-refractivity contribution < 1.29 is 0 Å². The van der Waals surface area contributed by atoms with E-state index in [4.69, 9.17) is 0 Å². The topological polar surface area (TPSA) is 21.1 Å². The summed E-state index contributed by atoms with van der Waals surface area (Å²) in [4.78, 5) is 7.08. The Morgan fingerprint density at radius 3 is 2.59 bits per heavy atom. The molecule has 0 unspecified atom stereocenters. The van der Waals surface area contributed by atoms with Crippen LogP contribution in [-0.4, -0.2) is 27.5 Å². The van der Waals surface area contributed by atoms with Gasteiger partial charge in [0, 0.05) is 25.0 Å². The van der Waals surface area contributed by atoms with Gasteiger partial charge < -0.3 is 4.57 Å². The van der Waals surface area contributed by atoms with Gasteiger partial charge in [-0.2, -0.15) is 0 Å². The third kappa shape index (κ3) is 3.77. The Hall–Kier alpha value is -1.61. The fourth-order valence-corrected chi connectivity index (χ4v) is 3.45. The molecule has 0 N–H and O–H groups in total. The van der Waals surface area contributed by atoms with Crippen LogP contribution in [0.4, 0.5) is 0 Å². The van der Waals surface area contributed by atoms with Crippen molar-refractivity contribution >= 4 is 0 Å². The van der Waals surface area contributed by atoms with Crippen LogP contribution >= 0.6 is 0 Å². The first-order chi connectivity index (χ1) is 10.7. The fraction of sp³-hybridized carbons (Fsp3) is 0.526. The minimum absolute atomic E-state index is 0.720. The van der Waals surface area contributed by atoms with Gasteiger partial charge >= 0.3 is 0 Å². The molecule has 1 heterocycles. The van der Waals surface area contributed by atoms with Crippen LogP contribution < -0.4 is 0 Å². The maximum atomic E-state index is 4.58. The van der Waals surface area contributed by atoms with Crippen LogP contribution in [0.2, 0.25) is 0 Å². The lowest BCUT2D eigenvalue weighted by Crippen LogP contribution is -2.35. The van der Waals surface area contributed by atoms with E-state index in [9.17, 15) is 0 Å². The average molecular weight is 297 g/mol. The average Bonchev–Trinajstić information content (AvgIpc) is 2.96. The minimum Gasteiger partial charge on any atom is -0.329 e. The van der Waals surface area contributed by atoms with Gasteiger partial charge in [0.2, 0.25) is 0 Å². The predicted octanol–water partition coefficient (Wildman–Crippen LogP) is 3.94. The summed E-state index contributed by atoms with van der Waals surface area (Å²) in [6.07, 6.45) is 9.42. The second-order valence-electron chi connectivity index (χ2n) is 6.79. The zero-order valence-electron chi connectivity index (χ0n) is 13.8. The highest BCUT2D eigenvalue weighted by molar-refractivity contribution is 5.15. The maximum Gasteiger partial charge on any atom is 0.123 e. The van der Waals surface area contributed by atoms with Crippen LogP contribution in [-0.2, 0) is 13.1 Å². The summed E-state index contributed by atoms with van der Waals surface area (Å²) in [5.41, 5.74) is 1.33. The van der Waals surface area contributed by atoms with Gasteiger partial charge in [-0.15, -0.1) is 0 Å². The summed E-state index contributed by atoms with van der Waals surface area (Å²) in [6, 6.07) is 11.3. The molecule has 1 aromatic heterocycles. The van der Waals surface area contributed by atoms with Gasteiger partial charge in [0.25, 0.3) is 0 Å². The quantitative estimate of drug-likeness (QED) is 0.833. The van der Waals surface area contributed by atoms with Crippen molar-refractivity contribution in [1.82, 2.24) is 14.5 Å². The van der Waals surface area contributed by atoms with Crippen LogP contribution in [0.1, 0.15) is 44.0 Å². The summed E-state index contributed by atoms with van der Waals surface area (Å²) >= 11 is 0. The van der Waals surface area contributed by atoms with Gasteiger partial charge in [-0.3, -0.25) is 4.90 Å². The Kier molecular flexibility index (Phi) is 4.94. The summed E-state index contributed by atoms with van der Waals surface area (Å²) in [5, 5.41) is 0. The largest absolute Gasteiger partial charge is 0.329 e. The van der Waals surface area contributed by atoms with Gasteiger partial charge in [-0.05, 0) is 44.2 Å². The Balaban J connectivity index is 1.62. The van der Waals surface area contributed by atoms with Crippen LogP contribution in [0.15, 0.2) is 42.7 Å². The molecule has 0 spiro atoms. The standard InChI is InChI=1S/C19H27N3/c1-16-8-10-18(11-9-16)21(2)15-19-20-12-13-22(19)14-17-6-4-3-5-7-17/h3-7,12-13,16,18H,8-11,14-15H2,1-2H3. The molecule has 1 aliphatic carbocycles. The maximum absolute atomic E-state index is 4.58. The van der Waals surface area contributed by atoms with E-state index in [2.05, 4.69) is 65.0 Å². The van der Waals surface area contributed by atoms with Crippen LogP contribution in [0.25, 0.3) is 0 Å². The summed E-state index contributed by atoms with van der Waals surface area (Å²) in [6.45, 7) is 4.23. The molecule has 0 atom stereocenters. The first-order valence-electron chi connectivity index (χ1n) is 8.46. The molecule has 118 valence electrons. The van der Waals surface area contributed by atoms with E-state index in [1.807, 2.05) is 6.20 Å². The Morgan fingerprint density at radius 2 is 1.86 bits per heavy atom. The molecular formula is C19H27N3. The molecule has 3 nitrogen and oxygen atoms in total. The zero-order chi connectivity index (χ0) is 15.4. The number of nitrogens with zero attached hydrogens (tertiary/aromatic N) is 3. The third-order valence-corrected chi connectivity index (χ3v) is 5.00. The van der Waals surface area contributed by atoms with Gasteiger partial charge in [0.1, 0.15) is 5.82 Å². The smallest absolute Gasteiger partial charge is 0.123 e. The number of hydrogen-bond donors (Lipinski definition) is 0. The number of benzene rings is 1. The molecular weight excluding hydrogens is 270 g/mol. The first kappa shape index (κ1) is 15.3. The molecule has 2 aromatic rings. The van der Waals surface area contributed by atoms with E-state index in [0.29, 0.717) is 0 Å². The van der Waals surface area contributed by atoms with Crippen LogP contribution in [0, 0.1) is 5.92 Å². The highest BCUT2D eigenvalue weighted by atomic mass is 15.2. The van der Waals surface area contributed by atoms with Crippen molar-refractivity contribution in [2.75, 3.05) is 7.05 Å². The number of hydrogen-bond acceptors (Lipinski definition) is 2. The molecule has 0 aliphatic heterocycles. The Bertz CT molecular complexity index is 567. The van der Waals surface area contributed by atoms with Crippen molar-refractivity contribution in [3.05, 3.63) is 54.1 Å². The van der Waals surface area contributed by atoms with Crippen LogP contribution in [0.5, 0.6) is 0 Å². The van der Waals surface area contributed by atoms with E-state index in [1.165, 1.54) is 37.1 Å². The Morgan fingerprint density at radius 1 is 1.14 bits per heavy atom. The van der Waals surface area contributed by atoms with Crippen LogP contribution in [0.3, 0.4) is 0 Å². The normalized spacial score (nSPS) is 22.1. The monoisotopic (exact) mass is 297 g/mol. The minimum atomic E-state index is 0.720. The fourth-order valence-electron chi connectivity index (χ4n) is 3.45. The zero-order valence-corrected chi connectivity index (χ0v) is 13.8. The van der Waals surface area contributed by atoms with Crippen molar-refractivity contribution in [1.29, 1.82) is 0 Å². The molecule has 3 heteroatoms. The van der Waals surface area contributed by atoms with E-state index < -0.39 is 0 Å². The summed E-state index contributed by atoms with van der Waals surface area (Å²) in [7, 11) is 2.25. The summed E-state index contributed by atoms with van der Waals surface area (Å²) in [5.74, 6) is 2.08. The molecule has 1 aliphatic rings. The number of imidazole rings is 1. The molecule has 1 aromatic carbocycles. The van der Waals surface area contributed by atoms with Crippen molar-refractivity contribution in [3.8, 4) is 0 Å². The highest BCUT2D eigenvalue weighted by Gasteiger charge is 2.22. The van der Waals surface area contributed by atoms with Crippen molar-refractivity contribution in [2.45, 2.75) is 51.7 Å². The van der Waals surface area contributed by atoms with Gasteiger partial charge in [-0.1, -0.05) is 37.3 Å². The van der Waals surface area contributed by atoms with Gasteiger partial charge in [0.05, 0.1) is 6.54 Å². The highest BCUT2D eigenvalue weighted by Crippen LogP contribution is 2.27. The first-order valence-corrected chi connectivity index (χ1v) is 8.46. The molecule has 22 heavy (non-hydrogen) atoms. The van der Waals surface area contributed by atoms with Gasteiger partial charge in [-0.25, -0.2) is 4.98 Å². The molecule has 1 fully saturated rings.